The van der Waals surface area contributed by atoms with E-state index in [0.29, 0.717) is 12.1 Å². The third-order valence-corrected chi connectivity index (χ3v) is 4.46. The van der Waals surface area contributed by atoms with Crippen molar-refractivity contribution in [1.82, 2.24) is 0 Å². The molecule has 0 spiro atoms. The van der Waals surface area contributed by atoms with Crippen LogP contribution in [0.5, 0.6) is 0 Å². The van der Waals surface area contributed by atoms with E-state index in [9.17, 15) is 10.1 Å². The summed E-state index contributed by atoms with van der Waals surface area (Å²) in [5.74, 6) is -0.278. The summed E-state index contributed by atoms with van der Waals surface area (Å²) in [5, 5.41) is 18.5. The van der Waals surface area contributed by atoms with Gasteiger partial charge in [0.25, 0.3) is 0 Å². The Morgan fingerprint density at radius 1 is 1.11 bits per heavy atom. The average Bonchev–Trinajstić information content (AvgIpc) is 2.65. The lowest BCUT2D eigenvalue weighted by Crippen LogP contribution is -2.20. The van der Waals surface area contributed by atoms with Crippen molar-refractivity contribution in [3.63, 3.8) is 0 Å². The fraction of sp³-hybridized carbons (Fsp3) is 0.304. The zero-order chi connectivity index (χ0) is 20.0. The van der Waals surface area contributed by atoms with Gasteiger partial charge >= 0.3 is 0 Å². The molecular formula is C23H26N2O2. The van der Waals surface area contributed by atoms with E-state index < -0.39 is 0 Å². The number of carbonyl (C=O) groups excluding carboxylic acids is 1. The van der Waals surface area contributed by atoms with E-state index in [-0.39, 0.29) is 23.4 Å². The molecule has 0 radical (unpaired) electrons. The van der Waals surface area contributed by atoms with Gasteiger partial charge < -0.3 is 10.0 Å². The molecule has 0 fully saturated rings. The summed E-state index contributed by atoms with van der Waals surface area (Å²) in [6.45, 7) is 6.98. The van der Waals surface area contributed by atoms with Gasteiger partial charge in [-0.1, -0.05) is 57.2 Å². The van der Waals surface area contributed by atoms with Crippen LogP contribution in [0, 0.1) is 11.3 Å². The van der Waals surface area contributed by atoms with Crippen molar-refractivity contribution >= 4 is 17.5 Å². The lowest BCUT2D eigenvalue weighted by molar-refractivity contribution is 0.104. The van der Waals surface area contributed by atoms with Crippen LogP contribution >= 0.6 is 0 Å². The topological polar surface area (TPSA) is 64.3 Å². The largest absolute Gasteiger partial charge is 0.395 e. The van der Waals surface area contributed by atoms with E-state index in [2.05, 4.69) is 20.8 Å². The molecule has 4 heteroatoms. The van der Waals surface area contributed by atoms with E-state index in [0.717, 1.165) is 16.8 Å². The summed E-state index contributed by atoms with van der Waals surface area (Å²) >= 11 is 0. The van der Waals surface area contributed by atoms with Gasteiger partial charge in [0.05, 0.1) is 6.61 Å². The molecule has 0 aliphatic heterocycles. The van der Waals surface area contributed by atoms with E-state index in [1.165, 1.54) is 0 Å². The van der Waals surface area contributed by atoms with Crippen LogP contribution in [0.3, 0.4) is 0 Å². The highest BCUT2D eigenvalue weighted by atomic mass is 16.3. The number of ketones is 1. The number of Topliss-reactive ketones (excluding diaryl/α,β-unsaturated/α-hetero) is 1. The smallest absolute Gasteiger partial charge is 0.203 e. The number of benzene rings is 2. The summed E-state index contributed by atoms with van der Waals surface area (Å²) in [5.41, 5.74) is 3.52. The fourth-order valence-electron chi connectivity index (χ4n) is 2.70. The molecule has 0 bridgehead atoms. The van der Waals surface area contributed by atoms with Crippen molar-refractivity contribution in [2.24, 2.45) is 0 Å². The molecule has 0 heterocycles. The molecule has 2 rings (SSSR count). The minimum atomic E-state index is -0.278. The highest BCUT2D eigenvalue weighted by Gasteiger charge is 2.16. The summed E-state index contributed by atoms with van der Waals surface area (Å²) in [7, 11) is 1.90. The number of anilines is 1. The quantitative estimate of drug-likeness (QED) is 0.475. The van der Waals surface area contributed by atoms with Gasteiger partial charge in [0.1, 0.15) is 11.6 Å². The molecule has 2 aromatic rings. The lowest BCUT2D eigenvalue weighted by Gasteiger charge is -2.19. The van der Waals surface area contributed by atoms with Crippen molar-refractivity contribution < 1.29 is 9.90 Å². The van der Waals surface area contributed by atoms with Gasteiger partial charge in [0.15, 0.2) is 0 Å². The van der Waals surface area contributed by atoms with Crippen LogP contribution in [0.25, 0.3) is 6.08 Å². The van der Waals surface area contributed by atoms with Gasteiger partial charge in [-0.25, -0.2) is 0 Å². The number of nitrogens with zero attached hydrogens (tertiary/aromatic N) is 2. The third-order valence-electron chi connectivity index (χ3n) is 4.46. The maximum atomic E-state index is 12.7. The number of likely N-dealkylation sites (N-methyl/N-ethyl adjacent to an activating group) is 1. The zero-order valence-electron chi connectivity index (χ0n) is 16.4. The predicted octanol–water partition coefficient (Wildman–Crippen LogP) is 4.20. The summed E-state index contributed by atoms with van der Waals surface area (Å²) < 4.78 is 0. The van der Waals surface area contributed by atoms with Crippen LogP contribution in [0.15, 0.2) is 54.1 Å². The number of aliphatic hydroxyl groups is 1. The molecule has 0 atom stereocenters. The summed E-state index contributed by atoms with van der Waals surface area (Å²) in [6.07, 6.45) is 1.61. The second-order valence-electron chi connectivity index (χ2n) is 7.56. The Balaban J connectivity index is 2.22. The third kappa shape index (κ3) is 5.29. The average molecular weight is 362 g/mol. The lowest BCUT2D eigenvalue weighted by atomic mass is 9.86. The molecule has 0 unspecified atom stereocenters. The number of hydrogen-bond donors (Lipinski definition) is 1. The van der Waals surface area contributed by atoms with Gasteiger partial charge in [-0.2, -0.15) is 5.26 Å². The zero-order valence-corrected chi connectivity index (χ0v) is 16.4. The van der Waals surface area contributed by atoms with Gasteiger partial charge in [0, 0.05) is 24.8 Å². The first kappa shape index (κ1) is 20.4. The van der Waals surface area contributed by atoms with Gasteiger partial charge in [-0.05, 0) is 34.8 Å². The standard InChI is InChI=1S/C23H26N2O2/c1-23(2,3)20-9-7-18(8-10-20)22(27)19(16-24)15-17-5-11-21(12-6-17)25(4)13-14-26/h5-12,15,26H,13-14H2,1-4H3/b19-15+. The molecule has 0 aliphatic carbocycles. The number of nitriles is 1. The van der Waals surface area contributed by atoms with Crippen molar-refractivity contribution in [1.29, 1.82) is 5.26 Å². The Morgan fingerprint density at radius 2 is 1.70 bits per heavy atom. The van der Waals surface area contributed by atoms with E-state index in [1.807, 2.05) is 54.4 Å². The Morgan fingerprint density at radius 3 is 2.19 bits per heavy atom. The number of rotatable bonds is 6. The van der Waals surface area contributed by atoms with E-state index in [1.54, 1.807) is 18.2 Å². The second-order valence-corrected chi connectivity index (χ2v) is 7.56. The van der Waals surface area contributed by atoms with Crippen LogP contribution in [0.4, 0.5) is 5.69 Å². The molecule has 0 saturated heterocycles. The minimum absolute atomic E-state index is 0.0143. The number of aliphatic hydroxyl groups excluding tert-OH is 1. The van der Waals surface area contributed by atoms with Gasteiger partial charge in [-0.15, -0.1) is 0 Å². The van der Waals surface area contributed by atoms with Crippen LogP contribution in [-0.2, 0) is 5.41 Å². The number of allylic oxidation sites excluding steroid dienone is 1. The highest BCUT2D eigenvalue weighted by Crippen LogP contribution is 2.23. The first-order valence-corrected chi connectivity index (χ1v) is 8.95. The number of hydrogen-bond acceptors (Lipinski definition) is 4. The summed E-state index contributed by atoms with van der Waals surface area (Å²) in [6, 6.07) is 17.0. The van der Waals surface area contributed by atoms with Crippen molar-refractivity contribution in [2.75, 3.05) is 25.1 Å². The Labute approximate surface area is 161 Å². The van der Waals surface area contributed by atoms with E-state index in [4.69, 9.17) is 5.11 Å². The first-order chi connectivity index (χ1) is 12.8. The maximum Gasteiger partial charge on any atom is 0.203 e. The van der Waals surface area contributed by atoms with Crippen LogP contribution < -0.4 is 4.90 Å². The molecule has 140 valence electrons. The fourth-order valence-corrected chi connectivity index (χ4v) is 2.70. The molecule has 0 aliphatic rings. The van der Waals surface area contributed by atoms with Crippen molar-refractivity contribution in [3.05, 3.63) is 70.8 Å². The molecule has 0 aromatic heterocycles. The maximum absolute atomic E-state index is 12.7. The molecule has 1 N–H and O–H groups in total. The number of carbonyl (C=O) groups is 1. The normalized spacial score (nSPS) is 11.8. The SMILES string of the molecule is CN(CCO)c1ccc(/C=C(\C#N)C(=O)c2ccc(C(C)(C)C)cc2)cc1. The van der Waals surface area contributed by atoms with Crippen LogP contribution in [0.2, 0.25) is 0 Å². The van der Waals surface area contributed by atoms with E-state index >= 15 is 0 Å². The molecular weight excluding hydrogens is 336 g/mol. The van der Waals surface area contributed by atoms with Gasteiger partial charge in [-0.3, -0.25) is 4.79 Å². The molecule has 27 heavy (non-hydrogen) atoms. The summed E-state index contributed by atoms with van der Waals surface area (Å²) in [4.78, 5) is 14.6. The van der Waals surface area contributed by atoms with Gasteiger partial charge in [0.2, 0.25) is 5.78 Å². The molecule has 2 aromatic carbocycles. The van der Waals surface area contributed by atoms with Crippen LogP contribution in [0.1, 0.15) is 42.3 Å². The van der Waals surface area contributed by atoms with Crippen LogP contribution in [-0.4, -0.2) is 31.1 Å². The predicted molar refractivity (Wildman–Crippen MR) is 110 cm³/mol. The Kier molecular flexibility index (Phi) is 6.55. The first-order valence-electron chi connectivity index (χ1n) is 8.95. The molecule has 0 saturated carbocycles. The Bertz CT molecular complexity index is 851. The second kappa shape index (κ2) is 8.66. The molecule has 4 nitrogen and oxygen atoms in total. The molecule has 0 amide bonds. The minimum Gasteiger partial charge on any atom is -0.395 e. The highest BCUT2D eigenvalue weighted by molar-refractivity contribution is 6.14. The van der Waals surface area contributed by atoms with Crippen molar-refractivity contribution in [3.8, 4) is 6.07 Å². The monoisotopic (exact) mass is 362 g/mol. The van der Waals surface area contributed by atoms with Crippen molar-refractivity contribution in [2.45, 2.75) is 26.2 Å². The Hall–Kier alpha value is -2.90.